The summed E-state index contributed by atoms with van der Waals surface area (Å²) in [5.41, 5.74) is 2.18. The van der Waals surface area contributed by atoms with E-state index in [2.05, 4.69) is 25.3 Å². The van der Waals surface area contributed by atoms with Crippen molar-refractivity contribution >= 4 is 33.0 Å². The number of hydrogen-bond donors (Lipinski definition) is 2. The number of H-pyrrole nitrogens is 1. The van der Waals surface area contributed by atoms with Gasteiger partial charge in [0.15, 0.2) is 0 Å². The van der Waals surface area contributed by atoms with Gasteiger partial charge in [0.1, 0.15) is 10.6 Å². The summed E-state index contributed by atoms with van der Waals surface area (Å²) in [5.74, 6) is -0.0629. The predicted octanol–water partition coefficient (Wildman–Crippen LogP) is 3.16. The molecule has 0 fully saturated rings. The van der Waals surface area contributed by atoms with Crippen molar-refractivity contribution in [3.63, 3.8) is 0 Å². The van der Waals surface area contributed by atoms with E-state index in [0.29, 0.717) is 16.6 Å². The number of nitrogens with zero attached hydrogens (tertiary/aromatic N) is 4. The lowest BCUT2D eigenvalue weighted by Crippen LogP contribution is -2.12. The van der Waals surface area contributed by atoms with Crippen molar-refractivity contribution in [2.75, 3.05) is 5.32 Å². The monoisotopic (exact) mass is 460 g/mol. The van der Waals surface area contributed by atoms with Crippen LogP contribution in [0.2, 0.25) is 0 Å². The quantitative estimate of drug-likeness (QED) is 0.372. The molecule has 0 aliphatic heterocycles. The Morgan fingerprint density at radius 3 is 2.61 bits per heavy atom. The molecule has 11 heteroatoms. The standard InChI is InChI=1S/C22H16N6O4S/c29-21(15-2-1-9-23-13-15)27-22-25-19-8-5-17(12-20(19)26-22)32-33(30,31)18-6-3-16(4-7-18)28-11-10-24-14-28/h1-14H,(H2,25,26,27,29). The highest BCUT2D eigenvalue weighted by Crippen LogP contribution is 2.24. The van der Waals surface area contributed by atoms with Crippen molar-refractivity contribution in [1.29, 1.82) is 0 Å². The van der Waals surface area contributed by atoms with E-state index in [1.54, 1.807) is 59.8 Å². The Bertz CT molecular complexity index is 1530. The van der Waals surface area contributed by atoms with Crippen molar-refractivity contribution in [3.05, 3.63) is 91.3 Å². The topological polar surface area (TPSA) is 132 Å². The lowest BCUT2D eigenvalue weighted by molar-refractivity contribution is 0.102. The minimum Gasteiger partial charge on any atom is -0.379 e. The third kappa shape index (κ3) is 4.29. The largest absolute Gasteiger partial charge is 0.379 e. The van der Waals surface area contributed by atoms with Gasteiger partial charge in [-0.15, -0.1) is 0 Å². The van der Waals surface area contributed by atoms with E-state index in [1.165, 1.54) is 30.5 Å². The number of pyridine rings is 1. The Kier molecular flexibility index (Phi) is 5.07. The fraction of sp³-hybridized carbons (Fsp3) is 0. The Labute approximate surface area is 188 Å². The zero-order valence-electron chi connectivity index (χ0n) is 16.9. The average molecular weight is 460 g/mol. The van der Waals surface area contributed by atoms with Crippen LogP contribution in [0.3, 0.4) is 0 Å². The molecule has 0 radical (unpaired) electrons. The average Bonchev–Trinajstić information content (AvgIpc) is 3.49. The van der Waals surface area contributed by atoms with Crippen LogP contribution in [0.4, 0.5) is 5.95 Å². The van der Waals surface area contributed by atoms with Gasteiger partial charge in [0.2, 0.25) is 5.95 Å². The summed E-state index contributed by atoms with van der Waals surface area (Å²) in [6, 6.07) is 14.1. The van der Waals surface area contributed by atoms with Crippen LogP contribution < -0.4 is 9.50 Å². The molecule has 0 saturated heterocycles. The van der Waals surface area contributed by atoms with Crippen molar-refractivity contribution in [2.45, 2.75) is 4.90 Å². The summed E-state index contributed by atoms with van der Waals surface area (Å²) in [6.45, 7) is 0. The first-order valence-corrected chi connectivity index (χ1v) is 11.1. The first-order chi connectivity index (χ1) is 16.0. The lowest BCUT2D eigenvalue weighted by Gasteiger charge is -2.08. The number of carbonyl (C=O) groups excluding carboxylic acids is 1. The van der Waals surface area contributed by atoms with E-state index in [9.17, 15) is 13.2 Å². The van der Waals surface area contributed by atoms with Gasteiger partial charge >= 0.3 is 10.1 Å². The number of anilines is 1. The van der Waals surface area contributed by atoms with Gasteiger partial charge in [-0.3, -0.25) is 15.1 Å². The summed E-state index contributed by atoms with van der Waals surface area (Å²) < 4.78 is 32.5. The third-order valence-corrected chi connectivity index (χ3v) is 6.01. The molecule has 0 atom stereocenters. The van der Waals surface area contributed by atoms with Gasteiger partial charge in [-0.05, 0) is 48.5 Å². The first-order valence-electron chi connectivity index (χ1n) is 9.72. The van der Waals surface area contributed by atoms with Crippen LogP contribution in [0.1, 0.15) is 10.4 Å². The molecule has 3 heterocycles. The molecule has 0 bridgehead atoms. The number of nitrogens with one attached hydrogen (secondary N) is 2. The van der Waals surface area contributed by atoms with Crippen LogP contribution in [0.15, 0.2) is 90.6 Å². The van der Waals surface area contributed by atoms with Crippen molar-refractivity contribution in [3.8, 4) is 11.4 Å². The number of hydrogen-bond acceptors (Lipinski definition) is 7. The van der Waals surface area contributed by atoms with Crippen LogP contribution in [0.5, 0.6) is 5.75 Å². The molecule has 1 amide bonds. The number of benzene rings is 2. The molecule has 164 valence electrons. The van der Waals surface area contributed by atoms with E-state index < -0.39 is 10.1 Å². The van der Waals surface area contributed by atoms with Crippen LogP contribution in [0.25, 0.3) is 16.7 Å². The van der Waals surface area contributed by atoms with E-state index in [0.717, 1.165) is 5.69 Å². The van der Waals surface area contributed by atoms with Gasteiger partial charge in [0.05, 0.1) is 22.9 Å². The number of aromatic nitrogens is 5. The Morgan fingerprint density at radius 1 is 1.03 bits per heavy atom. The highest BCUT2D eigenvalue weighted by molar-refractivity contribution is 7.87. The molecular weight excluding hydrogens is 444 g/mol. The summed E-state index contributed by atoms with van der Waals surface area (Å²) in [6.07, 6.45) is 8.02. The number of aromatic amines is 1. The van der Waals surface area contributed by atoms with E-state index in [4.69, 9.17) is 4.18 Å². The molecule has 0 spiro atoms. The normalized spacial score (nSPS) is 11.4. The van der Waals surface area contributed by atoms with Crippen LogP contribution in [-0.2, 0) is 10.1 Å². The minimum atomic E-state index is -4.06. The molecule has 5 aromatic rings. The summed E-state index contributed by atoms with van der Waals surface area (Å²) in [7, 11) is -4.06. The van der Waals surface area contributed by atoms with E-state index >= 15 is 0 Å². The maximum absolute atomic E-state index is 12.7. The fourth-order valence-electron chi connectivity index (χ4n) is 3.15. The van der Waals surface area contributed by atoms with Gasteiger partial charge in [-0.1, -0.05) is 0 Å². The molecule has 0 saturated carbocycles. The van der Waals surface area contributed by atoms with E-state index in [1.807, 2.05) is 0 Å². The minimum absolute atomic E-state index is 0.0120. The summed E-state index contributed by atoms with van der Waals surface area (Å²) >= 11 is 0. The molecule has 33 heavy (non-hydrogen) atoms. The van der Waals surface area contributed by atoms with Gasteiger partial charge in [0, 0.05) is 36.5 Å². The summed E-state index contributed by atoms with van der Waals surface area (Å²) in [5, 5.41) is 2.65. The second-order valence-corrected chi connectivity index (χ2v) is 8.51. The number of fused-ring (bicyclic) bond motifs is 1. The first kappa shape index (κ1) is 20.4. The highest BCUT2D eigenvalue weighted by atomic mass is 32.2. The van der Waals surface area contributed by atoms with Crippen molar-refractivity contribution in [2.24, 2.45) is 0 Å². The SMILES string of the molecule is O=C(Nc1nc2cc(OS(=O)(=O)c3ccc(-n4ccnc4)cc3)ccc2[nH]1)c1cccnc1. The molecule has 3 aromatic heterocycles. The second kappa shape index (κ2) is 8.20. The number of rotatable bonds is 6. The molecule has 2 N–H and O–H groups in total. The van der Waals surface area contributed by atoms with Crippen molar-refractivity contribution in [1.82, 2.24) is 24.5 Å². The van der Waals surface area contributed by atoms with Crippen LogP contribution >= 0.6 is 0 Å². The van der Waals surface area contributed by atoms with Gasteiger partial charge in [0.25, 0.3) is 5.91 Å². The molecule has 5 rings (SSSR count). The van der Waals surface area contributed by atoms with Gasteiger partial charge < -0.3 is 13.7 Å². The number of imidazole rings is 2. The maximum Gasteiger partial charge on any atom is 0.339 e. The van der Waals surface area contributed by atoms with Gasteiger partial charge in [-0.2, -0.15) is 8.42 Å². The highest BCUT2D eigenvalue weighted by Gasteiger charge is 2.18. The summed E-state index contributed by atoms with van der Waals surface area (Å²) in [4.78, 5) is 27.4. The Balaban J connectivity index is 1.34. The number of carbonyl (C=O) groups is 1. The van der Waals surface area contributed by atoms with Gasteiger partial charge in [-0.25, -0.2) is 9.97 Å². The zero-order chi connectivity index (χ0) is 22.8. The predicted molar refractivity (Wildman–Crippen MR) is 120 cm³/mol. The van der Waals surface area contributed by atoms with E-state index in [-0.39, 0.29) is 22.5 Å². The smallest absolute Gasteiger partial charge is 0.339 e. The molecular formula is C22H16N6O4S. The van der Waals surface area contributed by atoms with Crippen LogP contribution in [0, 0.1) is 0 Å². The maximum atomic E-state index is 12.7. The Hall–Kier alpha value is -4.51. The molecule has 2 aromatic carbocycles. The number of amides is 1. The van der Waals surface area contributed by atoms with Crippen LogP contribution in [-0.4, -0.2) is 38.8 Å². The third-order valence-electron chi connectivity index (χ3n) is 4.74. The fourth-order valence-corrected chi connectivity index (χ4v) is 4.07. The molecule has 0 aliphatic rings. The lowest BCUT2D eigenvalue weighted by atomic mass is 10.3. The van der Waals surface area contributed by atoms with Crippen molar-refractivity contribution < 1.29 is 17.4 Å². The zero-order valence-corrected chi connectivity index (χ0v) is 17.7. The molecule has 10 nitrogen and oxygen atoms in total. The molecule has 0 aliphatic carbocycles. The second-order valence-electron chi connectivity index (χ2n) is 6.96. The Morgan fingerprint density at radius 2 is 1.88 bits per heavy atom. The molecule has 0 unspecified atom stereocenters.